The zero-order valence-electron chi connectivity index (χ0n) is 23.9. The third-order valence-corrected chi connectivity index (χ3v) is 8.44. The molecule has 2 saturated heterocycles. The SMILES string of the molecule is C[C@@H](c1cc2cccc(-c3cnn(C)c3)c2c(N2CCN(C)CC2)n1)c1nc(N)c2ncn(C3CCCCO3)c2n1. The van der Waals surface area contributed by atoms with Crippen LogP contribution < -0.4 is 10.6 Å². The van der Waals surface area contributed by atoms with Crippen molar-refractivity contribution < 1.29 is 4.74 Å². The molecule has 212 valence electrons. The molecule has 7 rings (SSSR count). The van der Waals surface area contributed by atoms with Crippen molar-refractivity contribution in [3.05, 3.63) is 54.5 Å². The number of hydrogen-bond donors (Lipinski definition) is 1. The summed E-state index contributed by atoms with van der Waals surface area (Å²) >= 11 is 0. The second-order valence-corrected chi connectivity index (χ2v) is 11.3. The first kappa shape index (κ1) is 25.8. The summed E-state index contributed by atoms with van der Waals surface area (Å²) in [6, 6.07) is 8.61. The maximum atomic E-state index is 6.44. The lowest BCUT2D eigenvalue weighted by Gasteiger charge is -2.34. The van der Waals surface area contributed by atoms with Crippen LogP contribution in [0, 0.1) is 0 Å². The minimum Gasteiger partial charge on any atom is -0.382 e. The molecule has 2 aliphatic rings. The van der Waals surface area contributed by atoms with Gasteiger partial charge in [-0.25, -0.2) is 19.9 Å². The molecule has 2 N–H and O–H groups in total. The number of rotatable bonds is 5. The van der Waals surface area contributed by atoms with Crippen LogP contribution in [0.15, 0.2) is 43.0 Å². The van der Waals surface area contributed by atoms with Crippen molar-refractivity contribution in [1.82, 2.24) is 39.2 Å². The summed E-state index contributed by atoms with van der Waals surface area (Å²) in [7, 11) is 4.12. The van der Waals surface area contributed by atoms with Gasteiger partial charge >= 0.3 is 0 Å². The predicted molar refractivity (Wildman–Crippen MR) is 160 cm³/mol. The number of likely N-dealkylation sites (N-methyl/N-ethyl adjacent to an activating group) is 1. The van der Waals surface area contributed by atoms with Crippen molar-refractivity contribution in [2.45, 2.75) is 38.3 Å². The monoisotopic (exact) mass is 552 g/mol. The maximum Gasteiger partial charge on any atom is 0.167 e. The zero-order valence-corrected chi connectivity index (χ0v) is 23.9. The molecule has 0 bridgehead atoms. The van der Waals surface area contributed by atoms with E-state index in [-0.39, 0.29) is 12.1 Å². The summed E-state index contributed by atoms with van der Waals surface area (Å²) in [4.78, 5) is 24.4. The highest BCUT2D eigenvalue weighted by molar-refractivity contribution is 6.04. The van der Waals surface area contributed by atoms with E-state index in [0.29, 0.717) is 22.8 Å². The highest BCUT2D eigenvalue weighted by atomic mass is 16.5. The van der Waals surface area contributed by atoms with Gasteiger partial charge in [-0.1, -0.05) is 18.2 Å². The average Bonchev–Trinajstić information content (AvgIpc) is 3.63. The van der Waals surface area contributed by atoms with E-state index in [2.05, 4.69) is 64.3 Å². The zero-order chi connectivity index (χ0) is 28.1. The molecular formula is C30H36N10O. The number of benzene rings is 1. The molecule has 0 saturated carbocycles. The normalized spacial score (nSPS) is 19.3. The van der Waals surface area contributed by atoms with Gasteiger partial charge in [-0.2, -0.15) is 5.10 Å². The third-order valence-electron chi connectivity index (χ3n) is 8.44. The number of imidazole rings is 1. The number of aromatic nitrogens is 7. The van der Waals surface area contributed by atoms with Crippen molar-refractivity contribution in [3.8, 4) is 11.1 Å². The fourth-order valence-corrected chi connectivity index (χ4v) is 6.02. The van der Waals surface area contributed by atoms with Crippen molar-refractivity contribution >= 4 is 33.6 Å². The number of hydrogen-bond acceptors (Lipinski definition) is 9. The van der Waals surface area contributed by atoms with Crippen LogP contribution in [0.4, 0.5) is 11.6 Å². The summed E-state index contributed by atoms with van der Waals surface area (Å²) in [5, 5.41) is 6.71. The van der Waals surface area contributed by atoms with Crippen molar-refractivity contribution in [2.75, 3.05) is 50.5 Å². The van der Waals surface area contributed by atoms with Crippen LogP contribution in [0.3, 0.4) is 0 Å². The minimum atomic E-state index is -0.185. The van der Waals surface area contributed by atoms with Gasteiger partial charge in [0.2, 0.25) is 0 Å². The quantitative estimate of drug-likeness (QED) is 0.346. The van der Waals surface area contributed by atoms with Crippen LogP contribution in [-0.2, 0) is 11.8 Å². The molecule has 0 aliphatic carbocycles. The standard InChI is InChI=1S/C30H36N10O/c1-19(28-35-27(31)26-30(36-28)40(18-32-26)24-9-4-5-14-41-24)23-15-20-7-6-8-22(21-16-33-38(3)17-21)25(20)29(34-23)39-12-10-37(2)11-13-39/h6-8,15-19,24H,4-5,9-14H2,1-3H3,(H2,31,35,36)/t19-,24?/m0/s1. The first-order valence-electron chi connectivity index (χ1n) is 14.4. The molecule has 0 radical (unpaired) electrons. The first-order valence-corrected chi connectivity index (χ1v) is 14.4. The number of nitrogens with two attached hydrogens (primary N) is 1. The molecule has 2 atom stereocenters. The van der Waals surface area contributed by atoms with Crippen molar-refractivity contribution in [2.24, 2.45) is 7.05 Å². The first-order chi connectivity index (χ1) is 20.0. The summed E-state index contributed by atoms with van der Waals surface area (Å²) in [6.07, 6.45) is 8.80. The molecule has 2 fully saturated rings. The number of aryl methyl sites for hydroxylation is 1. The molecule has 1 aromatic carbocycles. The number of fused-ring (bicyclic) bond motifs is 2. The molecule has 11 heteroatoms. The molecular weight excluding hydrogens is 516 g/mol. The van der Waals surface area contributed by atoms with E-state index < -0.39 is 0 Å². The van der Waals surface area contributed by atoms with E-state index >= 15 is 0 Å². The summed E-state index contributed by atoms with van der Waals surface area (Å²) < 4.78 is 9.89. The number of nitrogens with zero attached hydrogens (tertiary/aromatic N) is 9. The molecule has 4 aromatic heterocycles. The Kier molecular flexibility index (Phi) is 6.55. The van der Waals surface area contributed by atoms with Crippen LogP contribution in [0.2, 0.25) is 0 Å². The smallest absolute Gasteiger partial charge is 0.167 e. The Bertz CT molecular complexity index is 1710. The molecule has 11 nitrogen and oxygen atoms in total. The number of ether oxygens (including phenoxy) is 1. The molecule has 0 spiro atoms. The molecule has 0 amide bonds. The van der Waals surface area contributed by atoms with Gasteiger partial charge in [0.25, 0.3) is 0 Å². The number of piperazine rings is 1. The number of nitrogen functional groups attached to an aromatic ring is 1. The highest BCUT2D eigenvalue weighted by Gasteiger charge is 2.26. The number of pyridine rings is 1. The van der Waals surface area contributed by atoms with Gasteiger partial charge in [-0.15, -0.1) is 0 Å². The average molecular weight is 553 g/mol. The molecule has 5 aromatic rings. The van der Waals surface area contributed by atoms with Gasteiger partial charge in [0.15, 0.2) is 11.5 Å². The summed E-state index contributed by atoms with van der Waals surface area (Å²) in [5.74, 6) is 1.82. The lowest BCUT2D eigenvalue weighted by molar-refractivity contribution is -0.0298. The van der Waals surface area contributed by atoms with Crippen LogP contribution in [0.25, 0.3) is 33.1 Å². The molecule has 2 aliphatic heterocycles. The van der Waals surface area contributed by atoms with Crippen LogP contribution in [-0.4, -0.2) is 79.0 Å². The summed E-state index contributed by atoms with van der Waals surface area (Å²) in [5.41, 5.74) is 10.9. The Morgan fingerprint density at radius 1 is 1.05 bits per heavy atom. The van der Waals surface area contributed by atoms with E-state index in [4.69, 9.17) is 25.4 Å². The van der Waals surface area contributed by atoms with Crippen LogP contribution in [0.5, 0.6) is 0 Å². The van der Waals surface area contributed by atoms with E-state index in [0.717, 1.165) is 85.5 Å². The lowest BCUT2D eigenvalue weighted by Crippen LogP contribution is -2.45. The predicted octanol–water partition coefficient (Wildman–Crippen LogP) is 3.96. The van der Waals surface area contributed by atoms with Crippen LogP contribution in [0.1, 0.15) is 49.9 Å². The van der Waals surface area contributed by atoms with E-state index in [1.54, 1.807) is 6.33 Å². The van der Waals surface area contributed by atoms with Gasteiger partial charge in [-0.05, 0) is 50.2 Å². The van der Waals surface area contributed by atoms with E-state index in [9.17, 15) is 0 Å². The fraction of sp³-hybridized carbons (Fsp3) is 0.433. The Labute approximate surface area is 239 Å². The molecule has 6 heterocycles. The number of anilines is 2. The largest absolute Gasteiger partial charge is 0.382 e. The van der Waals surface area contributed by atoms with Crippen LogP contribution >= 0.6 is 0 Å². The minimum absolute atomic E-state index is 0.0836. The van der Waals surface area contributed by atoms with Gasteiger partial charge in [-0.3, -0.25) is 9.25 Å². The van der Waals surface area contributed by atoms with Gasteiger partial charge in [0.05, 0.1) is 24.1 Å². The highest BCUT2D eigenvalue weighted by Crippen LogP contribution is 2.38. The summed E-state index contributed by atoms with van der Waals surface area (Å²) in [6.45, 7) is 6.64. The van der Waals surface area contributed by atoms with Gasteiger partial charge < -0.3 is 20.3 Å². The third kappa shape index (κ3) is 4.68. The fourth-order valence-electron chi connectivity index (χ4n) is 6.02. The Morgan fingerprint density at radius 3 is 2.66 bits per heavy atom. The van der Waals surface area contributed by atoms with Gasteiger partial charge in [0.1, 0.15) is 23.4 Å². The Balaban J connectivity index is 1.35. The van der Waals surface area contributed by atoms with E-state index in [1.165, 1.54) is 0 Å². The molecule has 1 unspecified atom stereocenters. The second-order valence-electron chi connectivity index (χ2n) is 11.3. The van der Waals surface area contributed by atoms with Crippen molar-refractivity contribution in [3.63, 3.8) is 0 Å². The van der Waals surface area contributed by atoms with Gasteiger partial charge in [0, 0.05) is 57.0 Å². The lowest BCUT2D eigenvalue weighted by atomic mass is 9.97. The Hall–Kier alpha value is -4.09. The second kappa shape index (κ2) is 10.4. The molecule has 41 heavy (non-hydrogen) atoms. The van der Waals surface area contributed by atoms with E-state index in [1.807, 2.05) is 22.5 Å². The Morgan fingerprint density at radius 2 is 1.90 bits per heavy atom. The van der Waals surface area contributed by atoms with Crippen molar-refractivity contribution in [1.29, 1.82) is 0 Å². The topological polar surface area (TPSA) is 116 Å². The maximum absolute atomic E-state index is 6.44.